The molecule has 0 bridgehead atoms. The van der Waals surface area contributed by atoms with Crippen LogP contribution in [0, 0.1) is 15.5 Å². The van der Waals surface area contributed by atoms with Gasteiger partial charge in [-0.3, -0.25) is 4.79 Å². The van der Waals surface area contributed by atoms with Gasteiger partial charge in [0.15, 0.2) is 0 Å². The van der Waals surface area contributed by atoms with Crippen LogP contribution in [0.25, 0.3) is 0 Å². The molecular weight excluding hydrogens is 276 g/mol. The number of hydrogen-bond acceptors (Lipinski definition) is 5. The van der Waals surface area contributed by atoms with Crippen LogP contribution < -0.4 is 5.32 Å². The van der Waals surface area contributed by atoms with E-state index in [4.69, 9.17) is 5.11 Å². The summed E-state index contributed by atoms with van der Waals surface area (Å²) in [7, 11) is 0. The number of carbonyl (C=O) groups excluding carboxylic acids is 1. The average molecular weight is 298 g/mol. The normalized spacial score (nSPS) is 13.0. The van der Waals surface area contributed by atoms with Crippen molar-refractivity contribution in [1.82, 2.24) is 14.9 Å². The third kappa shape index (κ3) is 5.50. The van der Waals surface area contributed by atoms with Crippen molar-refractivity contribution < 1.29 is 14.8 Å². The number of nitrogens with one attached hydrogen (secondary N) is 1. The molecule has 0 radical (unpaired) electrons. The minimum atomic E-state index is -0.576. The van der Waals surface area contributed by atoms with E-state index in [-0.39, 0.29) is 36.2 Å². The molecule has 1 amide bonds. The number of imidazole rings is 1. The van der Waals surface area contributed by atoms with E-state index in [1.54, 1.807) is 0 Å². The molecule has 0 fully saturated rings. The molecule has 0 aliphatic heterocycles. The van der Waals surface area contributed by atoms with E-state index in [9.17, 15) is 14.9 Å². The first kappa shape index (κ1) is 17.1. The molecule has 1 aromatic heterocycles. The van der Waals surface area contributed by atoms with Gasteiger partial charge in [0.05, 0.1) is 0 Å². The monoisotopic (exact) mass is 298 g/mol. The van der Waals surface area contributed by atoms with Crippen molar-refractivity contribution in [1.29, 1.82) is 0 Å². The van der Waals surface area contributed by atoms with E-state index < -0.39 is 4.92 Å². The van der Waals surface area contributed by atoms with Crippen LogP contribution in [0.1, 0.15) is 33.6 Å². The SMILES string of the molecule is CC(C)(C)C(CCO)NC(=O)CCn1cnc([N+](=O)[O-])c1. The first-order valence-electron chi connectivity index (χ1n) is 6.80. The summed E-state index contributed by atoms with van der Waals surface area (Å²) in [6.45, 7) is 6.31. The van der Waals surface area contributed by atoms with E-state index in [1.807, 2.05) is 20.8 Å². The van der Waals surface area contributed by atoms with Gasteiger partial charge < -0.3 is 25.1 Å². The number of nitrogens with zero attached hydrogens (tertiary/aromatic N) is 3. The van der Waals surface area contributed by atoms with Gasteiger partial charge in [-0.1, -0.05) is 20.8 Å². The predicted molar refractivity (Wildman–Crippen MR) is 76.6 cm³/mol. The number of amides is 1. The molecule has 1 rings (SSSR count). The Kier molecular flexibility index (Phi) is 5.83. The molecule has 0 aliphatic rings. The van der Waals surface area contributed by atoms with Crippen LogP contribution in [-0.2, 0) is 11.3 Å². The number of aliphatic hydroxyl groups is 1. The Bertz CT molecular complexity index is 493. The highest BCUT2D eigenvalue weighted by molar-refractivity contribution is 5.76. The van der Waals surface area contributed by atoms with Crippen molar-refractivity contribution >= 4 is 11.7 Å². The topological polar surface area (TPSA) is 110 Å². The van der Waals surface area contributed by atoms with Crippen molar-refractivity contribution in [2.75, 3.05) is 6.61 Å². The van der Waals surface area contributed by atoms with E-state index in [2.05, 4.69) is 10.3 Å². The van der Waals surface area contributed by atoms with E-state index in [0.29, 0.717) is 13.0 Å². The average Bonchev–Trinajstić information content (AvgIpc) is 2.83. The van der Waals surface area contributed by atoms with Gasteiger partial charge >= 0.3 is 5.82 Å². The van der Waals surface area contributed by atoms with Gasteiger partial charge in [-0.2, -0.15) is 0 Å². The zero-order valence-corrected chi connectivity index (χ0v) is 12.6. The molecule has 0 saturated carbocycles. The lowest BCUT2D eigenvalue weighted by Crippen LogP contribution is -2.44. The van der Waals surface area contributed by atoms with Crippen molar-refractivity contribution in [3.8, 4) is 0 Å². The van der Waals surface area contributed by atoms with Gasteiger partial charge in [0.1, 0.15) is 6.20 Å². The lowest BCUT2D eigenvalue weighted by atomic mass is 9.85. The highest BCUT2D eigenvalue weighted by Crippen LogP contribution is 2.21. The summed E-state index contributed by atoms with van der Waals surface area (Å²) < 4.78 is 1.51. The lowest BCUT2D eigenvalue weighted by molar-refractivity contribution is -0.389. The molecule has 0 aliphatic carbocycles. The van der Waals surface area contributed by atoms with Gasteiger partial charge in [-0.25, -0.2) is 0 Å². The summed E-state index contributed by atoms with van der Waals surface area (Å²) in [6, 6.07) is -0.118. The molecule has 1 atom stereocenters. The Morgan fingerprint density at radius 1 is 1.57 bits per heavy atom. The zero-order chi connectivity index (χ0) is 16.0. The Morgan fingerprint density at radius 2 is 2.24 bits per heavy atom. The Morgan fingerprint density at radius 3 is 2.71 bits per heavy atom. The van der Waals surface area contributed by atoms with Gasteiger partial charge in [-0.15, -0.1) is 0 Å². The third-order valence-electron chi connectivity index (χ3n) is 3.20. The standard InChI is InChI=1S/C13H22N4O4/c1-13(2,3)10(5-7-18)15-12(19)4-6-16-8-11(14-9-16)17(20)21/h8-10,18H,4-7H2,1-3H3,(H,15,19). The summed E-state index contributed by atoms with van der Waals surface area (Å²) in [5.41, 5.74) is -0.147. The van der Waals surface area contributed by atoms with Gasteiger partial charge in [-0.05, 0) is 21.7 Å². The maximum atomic E-state index is 11.9. The number of rotatable bonds is 7. The van der Waals surface area contributed by atoms with Gasteiger partial charge in [0.2, 0.25) is 12.2 Å². The second-order valence-electron chi connectivity index (χ2n) is 5.98. The highest BCUT2D eigenvalue weighted by Gasteiger charge is 2.25. The lowest BCUT2D eigenvalue weighted by Gasteiger charge is -2.31. The van der Waals surface area contributed by atoms with Crippen molar-refractivity contribution in [2.45, 2.75) is 46.2 Å². The minimum absolute atomic E-state index is 0.00985. The van der Waals surface area contributed by atoms with Crippen LogP contribution in [0.3, 0.4) is 0 Å². The Hall–Kier alpha value is -1.96. The molecule has 8 heteroatoms. The smallest absolute Gasteiger partial charge is 0.381 e. The molecule has 1 heterocycles. The molecule has 1 aromatic rings. The first-order valence-corrected chi connectivity index (χ1v) is 6.80. The van der Waals surface area contributed by atoms with E-state index in [1.165, 1.54) is 17.1 Å². The van der Waals surface area contributed by atoms with Gasteiger partial charge in [0, 0.05) is 25.6 Å². The van der Waals surface area contributed by atoms with Crippen LogP contribution in [0.5, 0.6) is 0 Å². The van der Waals surface area contributed by atoms with Crippen LogP contribution >= 0.6 is 0 Å². The molecule has 21 heavy (non-hydrogen) atoms. The maximum Gasteiger partial charge on any atom is 0.381 e. The fourth-order valence-corrected chi connectivity index (χ4v) is 1.91. The number of carbonyl (C=O) groups is 1. The van der Waals surface area contributed by atoms with Crippen LogP contribution in [0.2, 0.25) is 0 Å². The predicted octanol–water partition coefficient (Wildman–Crippen LogP) is 1.09. The molecule has 0 aromatic carbocycles. The summed E-state index contributed by atoms with van der Waals surface area (Å²) in [4.78, 5) is 25.5. The van der Waals surface area contributed by atoms with Crippen molar-refractivity contribution in [3.05, 3.63) is 22.6 Å². The minimum Gasteiger partial charge on any atom is -0.396 e. The molecule has 2 N–H and O–H groups in total. The zero-order valence-electron chi connectivity index (χ0n) is 12.6. The summed E-state index contributed by atoms with van der Waals surface area (Å²) in [6.07, 6.45) is 3.32. The van der Waals surface area contributed by atoms with Crippen LogP contribution in [-0.4, -0.2) is 38.1 Å². The molecular formula is C13H22N4O4. The Balaban J connectivity index is 2.50. The van der Waals surface area contributed by atoms with Crippen LogP contribution in [0.4, 0.5) is 5.82 Å². The molecule has 0 spiro atoms. The fraction of sp³-hybridized carbons (Fsp3) is 0.692. The molecule has 118 valence electrons. The van der Waals surface area contributed by atoms with E-state index >= 15 is 0 Å². The number of aliphatic hydroxyl groups excluding tert-OH is 1. The number of hydrogen-bond donors (Lipinski definition) is 2. The highest BCUT2D eigenvalue weighted by atomic mass is 16.6. The largest absolute Gasteiger partial charge is 0.396 e. The number of aromatic nitrogens is 2. The molecule has 0 saturated heterocycles. The summed E-state index contributed by atoms with van der Waals surface area (Å²) >= 11 is 0. The van der Waals surface area contributed by atoms with Crippen molar-refractivity contribution in [2.24, 2.45) is 5.41 Å². The summed E-state index contributed by atoms with van der Waals surface area (Å²) in [5, 5.41) is 22.4. The van der Waals surface area contributed by atoms with Gasteiger partial charge in [0.25, 0.3) is 0 Å². The molecule has 1 unspecified atom stereocenters. The fourth-order valence-electron chi connectivity index (χ4n) is 1.91. The van der Waals surface area contributed by atoms with E-state index in [0.717, 1.165) is 0 Å². The quantitative estimate of drug-likeness (QED) is 0.578. The third-order valence-corrected chi connectivity index (χ3v) is 3.20. The molecule has 8 nitrogen and oxygen atoms in total. The Labute approximate surface area is 123 Å². The number of nitro groups is 1. The summed E-state index contributed by atoms with van der Waals surface area (Å²) in [5.74, 6) is -0.386. The maximum absolute atomic E-state index is 11.9. The van der Waals surface area contributed by atoms with Crippen LogP contribution in [0.15, 0.2) is 12.5 Å². The second kappa shape index (κ2) is 7.16. The second-order valence-corrected chi connectivity index (χ2v) is 5.98. The first-order chi connectivity index (χ1) is 9.74. The number of aryl methyl sites for hydroxylation is 1. The van der Waals surface area contributed by atoms with Crippen molar-refractivity contribution in [3.63, 3.8) is 0 Å².